The van der Waals surface area contributed by atoms with Gasteiger partial charge in [-0.15, -0.1) is 0 Å². The number of carbonyl (C=O) groups excluding carboxylic acids is 1. The number of hydrogen-bond donors (Lipinski definition) is 1. The van der Waals surface area contributed by atoms with Crippen molar-refractivity contribution in [1.29, 1.82) is 0 Å². The minimum Gasteiger partial charge on any atom is -0.497 e. The van der Waals surface area contributed by atoms with E-state index in [4.69, 9.17) is 4.74 Å². The van der Waals surface area contributed by atoms with Crippen LogP contribution in [0.3, 0.4) is 0 Å². The molecule has 2 aromatic carbocycles. The number of nitro benzene ring substituents is 1. The number of carbonyl (C=O) groups is 1. The SMILES string of the molecule is COc1ccc([N+](=O)[O-])c(C(=O)NCC(c2ccc(C)cc2)N2CCCC2)c1. The molecule has 7 heteroatoms. The smallest absolute Gasteiger partial charge is 0.282 e. The molecule has 1 N–H and O–H groups in total. The van der Waals surface area contributed by atoms with Gasteiger partial charge < -0.3 is 10.1 Å². The Morgan fingerprint density at radius 1 is 1.21 bits per heavy atom. The summed E-state index contributed by atoms with van der Waals surface area (Å²) in [5.41, 5.74) is 2.09. The minimum absolute atomic E-state index is 0.00780. The first-order chi connectivity index (χ1) is 13.5. The highest BCUT2D eigenvalue weighted by atomic mass is 16.6. The Hall–Kier alpha value is -2.93. The molecule has 0 aliphatic carbocycles. The molecule has 0 aromatic heterocycles. The Morgan fingerprint density at radius 2 is 1.89 bits per heavy atom. The Balaban J connectivity index is 1.80. The summed E-state index contributed by atoms with van der Waals surface area (Å²) in [7, 11) is 1.46. The van der Waals surface area contributed by atoms with E-state index in [2.05, 4.69) is 34.5 Å². The van der Waals surface area contributed by atoms with Gasteiger partial charge in [-0.2, -0.15) is 0 Å². The molecule has 1 atom stereocenters. The van der Waals surface area contributed by atoms with E-state index in [-0.39, 0.29) is 17.3 Å². The lowest BCUT2D eigenvalue weighted by atomic mass is 10.0. The fourth-order valence-corrected chi connectivity index (χ4v) is 3.57. The van der Waals surface area contributed by atoms with E-state index in [9.17, 15) is 14.9 Å². The molecule has 1 aliphatic rings. The Morgan fingerprint density at radius 3 is 2.50 bits per heavy atom. The molecule has 0 radical (unpaired) electrons. The lowest BCUT2D eigenvalue weighted by Gasteiger charge is -2.28. The van der Waals surface area contributed by atoms with Crippen LogP contribution in [0.25, 0.3) is 0 Å². The maximum atomic E-state index is 12.8. The average molecular weight is 383 g/mol. The monoisotopic (exact) mass is 383 g/mol. The third-order valence-electron chi connectivity index (χ3n) is 5.14. The zero-order chi connectivity index (χ0) is 20.1. The standard InChI is InChI=1S/C21H25N3O4/c1-15-5-7-16(8-6-15)20(23-11-3-4-12-23)14-22-21(25)18-13-17(28-2)9-10-19(18)24(26)27/h5-10,13,20H,3-4,11-12,14H2,1-2H3,(H,22,25). The molecule has 2 aromatic rings. The van der Waals surface area contributed by atoms with Gasteiger partial charge in [0, 0.05) is 12.6 Å². The quantitative estimate of drug-likeness (QED) is 0.584. The van der Waals surface area contributed by atoms with Gasteiger partial charge in [0.1, 0.15) is 11.3 Å². The molecule has 1 unspecified atom stereocenters. The van der Waals surface area contributed by atoms with Crippen molar-refractivity contribution in [3.8, 4) is 5.75 Å². The van der Waals surface area contributed by atoms with Crippen LogP contribution in [-0.4, -0.2) is 42.5 Å². The van der Waals surface area contributed by atoms with Crippen molar-refractivity contribution in [2.75, 3.05) is 26.7 Å². The first kappa shape index (κ1) is 19.8. The zero-order valence-corrected chi connectivity index (χ0v) is 16.2. The maximum Gasteiger partial charge on any atom is 0.282 e. The predicted octanol–water partition coefficient (Wildman–Crippen LogP) is 3.48. The third kappa shape index (κ3) is 4.48. The van der Waals surface area contributed by atoms with Gasteiger partial charge in [-0.3, -0.25) is 19.8 Å². The van der Waals surface area contributed by atoms with Crippen molar-refractivity contribution in [1.82, 2.24) is 10.2 Å². The van der Waals surface area contributed by atoms with Gasteiger partial charge in [0.2, 0.25) is 0 Å². The number of benzene rings is 2. The molecule has 28 heavy (non-hydrogen) atoms. The van der Waals surface area contributed by atoms with Crippen LogP contribution < -0.4 is 10.1 Å². The van der Waals surface area contributed by atoms with Gasteiger partial charge in [-0.1, -0.05) is 29.8 Å². The lowest BCUT2D eigenvalue weighted by Crippen LogP contribution is -2.37. The van der Waals surface area contributed by atoms with Crippen LogP contribution in [-0.2, 0) is 0 Å². The van der Waals surface area contributed by atoms with E-state index >= 15 is 0 Å². The Bertz CT molecular complexity index is 845. The minimum atomic E-state index is -0.549. The van der Waals surface area contributed by atoms with Crippen molar-refractivity contribution in [3.05, 3.63) is 69.3 Å². The van der Waals surface area contributed by atoms with E-state index in [1.54, 1.807) is 0 Å². The molecule has 1 fully saturated rings. The molecular formula is C21H25N3O4. The van der Waals surface area contributed by atoms with Gasteiger partial charge in [-0.25, -0.2) is 0 Å². The van der Waals surface area contributed by atoms with Crippen LogP contribution in [0.5, 0.6) is 5.75 Å². The number of nitrogens with zero attached hydrogens (tertiary/aromatic N) is 2. The van der Waals surface area contributed by atoms with Gasteiger partial charge in [-0.05, 0) is 50.6 Å². The molecule has 0 bridgehead atoms. The van der Waals surface area contributed by atoms with Crippen LogP contribution in [0, 0.1) is 17.0 Å². The first-order valence-corrected chi connectivity index (χ1v) is 9.41. The number of likely N-dealkylation sites (tertiary alicyclic amines) is 1. The van der Waals surface area contributed by atoms with Gasteiger partial charge >= 0.3 is 0 Å². The predicted molar refractivity (Wildman–Crippen MR) is 107 cm³/mol. The second-order valence-corrected chi connectivity index (χ2v) is 7.02. The highest BCUT2D eigenvalue weighted by Gasteiger charge is 2.26. The van der Waals surface area contributed by atoms with Crippen molar-refractivity contribution < 1.29 is 14.5 Å². The number of rotatable bonds is 7. The molecule has 1 heterocycles. The third-order valence-corrected chi connectivity index (χ3v) is 5.14. The average Bonchev–Trinajstić information content (AvgIpc) is 3.23. The molecule has 1 aliphatic heterocycles. The second kappa shape index (κ2) is 8.84. The van der Waals surface area contributed by atoms with E-state index in [0.29, 0.717) is 12.3 Å². The van der Waals surface area contributed by atoms with Gasteiger partial charge in [0.05, 0.1) is 18.1 Å². The fraction of sp³-hybridized carbons (Fsp3) is 0.381. The van der Waals surface area contributed by atoms with Crippen molar-refractivity contribution in [2.24, 2.45) is 0 Å². The number of nitrogens with one attached hydrogen (secondary N) is 1. The molecule has 1 saturated heterocycles. The normalized spacial score (nSPS) is 15.2. The topological polar surface area (TPSA) is 84.7 Å². The summed E-state index contributed by atoms with van der Waals surface area (Å²) >= 11 is 0. The van der Waals surface area contributed by atoms with E-state index in [1.807, 2.05) is 6.92 Å². The summed E-state index contributed by atoms with van der Waals surface area (Å²) in [6, 6.07) is 12.5. The van der Waals surface area contributed by atoms with Crippen molar-refractivity contribution >= 4 is 11.6 Å². The molecule has 148 valence electrons. The van der Waals surface area contributed by atoms with E-state index < -0.39 is 10.8 Å². The molecule has 3 rings (SSSR count). The molecule has 0 spiro atoms. The second-order valence-electron chi connectivity index (χ2n) is 7.02. The largest absolute Gasteiger partial charge is 0.497 e. The summed E-state index contributed by atoms with van der Waals surface area (Å²) < 4.78 is 5.12. The highest BCUT2D eigenvalue weighted by Crippen LogP contribution is 2.27. The summed E-state index contributed by atoms with van der Waals surface area (Å²) in [6.07, 6.45) is 2.27. The first-order valence-electron chi connectivity index (χ1n) is 9.41. The lowest BCUT2D eigenvalue weighted by molar-refractivity contribution is -0.385. The molecular weight excluding hydrogens is 358 g/mol. The summed E-state index contributed by atoms with van der Waals surface area (Å²) in [5.74, 6) is -0.0627. The van der Waals surface area contributed by atoms with Crippen LogP contribution in [0.2, 0.25) is 0 Å². The van der Waals surface area contributed by atoms with Crippen molar-refractivity contribution in [2.45, 2.75) is 25.8 Å². The van der Waals surface area contributed by atoms with Crippen LogP contribution in [0.15, 0.2) is 42.5 Å². The van der Waals surface area contributed by atoms with Crippen LogP contribution in [0.1, 0.15) is 40.4 Å². The Kier molecular flexibility index (Phi) is 6.26. The summed E-state index contributed by atoms with van der Waals surface area (Å²) in [6.45, 7) is 4.38. The summed E-state index contributed by atoms with van der Waals surface area (Å²) in [4.78, 5) is 25.9. The Labute approximate surface area is 164 Å². The van der Waals surface area contributed by atoms with Gasteiger partial charge in [0.15, 0.2) is 0 Å². The van der Waals surface area contributed by atoms with Crippen LogP contribution in [0.4, 0.5) is 5.69 Å². The zero-order valence-electron chi connectivity index (χ0n) is 16.2. The maximum absolute atomic E-state index is 12.8. The van der Waals surface area contributed by atoms with Crippen molar-refractivity contribution in [3.63, 3.8) is 0 Å². The molecule has 0 saturated carbocycles. The molecule has 7 nitrogen and oxygen atoms in total. The number of aryl methyl sites for hydroxylation is 1. The summed E-state index contributed by atoms with van der Waals surface area (Å²) in [5, 5.41) is 14.2. The van der Waals surface area contributed by atoms with E-state index in [1.165, 1.54) is 30.9 Å². The number of methoxy groups -OCH3 is 1. The highest BCUT2D eigenvalue weighted by molar-refractivity contribution is 5.98. The van der Waals surface area contributed by atoms with E-state index in [0.717, 1.165) is 31.5 Å². The number of nitro groups is 1. The fourth-order valence-electron chi connectivity index (χ4n) is 3.57. The number of ether oxygens (including phenoxy) is 1. The molecule has 1 amide bonds. The number of hydrogen-bond acceptors (Lipinski definition) is 5. The van der Waals surface area contributed by atoms with Gasteiger partial charge in [0.25, 0.3) is 11.6 Å². The number of amides is 1. The van der Waals surface area contributed by atoms with Crippen LogP contribution >= 0.6 is 0 Å².